The van der Waals surface area contributed by atoms with E-state index in [1.165, 1.54) is 5.56 Å². The molecule has 1 N–H and O–H groups in total. The first kappa shape index (κ1) is 15.0. The highest BCUT2D eigenvalue weighted by Crippen LogP contribution is 2.47. The third kappa shape index (κ3) is 2.33. The zero-order valence-electron chi connectivity index (χ0n) is 13.0. The first-order valence-corrected chi connectivity index (χ1v) is 9.38. The van der Waals surface area contributed by atoms with Gasteiger partial charge in [-0.3, -0.25) is 0 Å². The summed E-state index contributed by atoms with van der Waals surface area (Å²) in [5, 5.41) is 10.5. The van der Waals surface area contributed by atoms with Crippen LogP contribution >= 0.6 is 0 Å². The van der Waals surface area contributed by atoms with Crippen LogP contribution in [0.25, 0.3) is 0 Å². The number of aryl methyl sites for hydroxylation is 3. The number of aliphatic hydroxyl groups is 1. The van der Waals surface area contributed by atoms with Crippen molar-refractivity contribution in [1.82, 2.24) is 0 Å². The predicted octanol–water partition coefficient (Wildman–Crippen LogP) is 2.93. The second-order valence-electron chi connectivity index (χ2n) is 6.96. The van der Waals surface area contributed by atoms with Gasteiger partial charge >= 0.3 is 0 Å². The molecule has 2 unspecified atom stereocenters. The fraction of sp³-hybridized carbons (Fsp3) is 0.647. The van der Waals surface area contributed by atoms with E-state index in [4.69, 9.17) is 0 Å². The molecule has 3 nitrogen and oxygen atoms in total. The summed E-state index contributed by atoms with van der Waals surface area (Å²) in [6.07, 6.45) is 3.08. The molecule has 2 bridgehead atoms. The van der Waals surface area contributed by atoms with Crippen molar-refractivity contribution in [3.63, 3.8) is 0 Å². The summed E-state index contributed by atoms with van der Waals surface area (Å²) in [6, 6.07) is 4.15. The van der Waals surface area contributed by atoms with Gasteiger partial charge in [0, 0.05) is 0 Å². The molecule has 1 aromatic rings. The van der Waals surface area contributed by atoms with E-state index in [0.717, 1.165) is 23.1 Å². The first-order valence-electron chi connectivity index (χ1n) is 7.77. The molecule has 2 saturated heterocycles. The number of benzene rings is 1. The highest BCUT2D eigenvalue weighted by atomic mass is 32.2. The summed E-state index contributed by atoms with van der Waals surface area (Å²) in [5.74, 6) is 0. The van der Waals surface area contributed by atoms with Crippen LogP contribution in [0.4, 0.5) is 0 Å². The van der Waals surface area contributed by atoms with Crippen molar-refractivity contribution in [2.24, 2.45) is 0 Å². The fourth-order valence-corrected chi connectivity index (χ4v) is 6.68. The van der Waals surface area contributed by atoms with Crippen molar-refractivity contribution in [2.45, 2.75) is 69.0 Å². The maximum absolute atomic E-state index is 12.4. The number of sulfone groups is 1. The Labute approximate surface area is 127 Å². The zero-order valence-corrected chi connectivity index (χ0v) is 13.8. The minimum atomic E-state index is -3.04. The quantitative estimate of drug-likeness (QED) is 0.868. The Kier molecular flexibility index (Phi) is 3.45. The van der Waals surface area contributed by atoms with Gasteiger partial charge < -0.3 is 5.11 Å². The molecule has 0 amide bonds. The highest BCUT2D eigenvalue weighted by molar-refractivity contribution is 7.92. The van der Waals surface area contributed by atoms with Crippen LogP contribution in [0.1, 0.15) is 54.4 Å². The van der Waals surface area contributed by atoms with Crippen LogP contribution in [0.5, 0.6) is 0 Å². The maximum Gasteiger partial charge on any atom is 0.156 e. The predicted molar refractivity (Wildman–Crippen MR) is 84.1 cm³/mol. The normalized spacial score (nSPS) is 34.7. The molecule has 2 aliphatic heterocycles. The third-order valence-electron chi connectivity index (χ3n) is 5.45. The molecular formula is C17H24O3S. The Morgan fingerprint density at radius 3 is 2.10 bits per heavy atom. The van der Waals surface area contributed by atoms with Gasteiger partial charge in [-0.05, 0) is 68.7 Å². The third-order valence-corrected chi connectivity index (χ3v) is 8.12. The highest BCUT2D eigenvalue weighted by Gasteiger charge is 2.51. The van der Waals surface area contributed by atoms with Gasteiger partial charge in [0.1, 0.15) is 0 Å². The minimum Gasteiger partial charge on any atom is -0.385 e. The molecule has 0 aliphatic carbocycles. The van der Waals surface area contributed by atoms with E-state index in [0.29, 0.717) is 25.7 Å². The molecule has 2 fully saturated rings. The Hall–Kier alpha value is -0.870. The molecule has 0 saturated carbocycles. The Morgan fingerprint density at radius 1 is 1.00 bits per heavy atom. The van der Waals surface area contributed by atoms with Gasteiger partial charge in [-0.15, -0.1) is 0 Å². The Bertz CT molecular complexity index is 656. The molecule has 3 rings (SSSR count). The Balaban J connectivity index is 2.05. The number of hydrogen-bond acceptors (Lipinski definition) is 3. The summed E-state index contributed by atoms with van der Waals surface area (Å²) < 4.78 is 24.8. The van der Waals surface area contributed by atoms with Crippen LogP contribution in [-0.4, -0.2) is 24.0 Å². The van der Waals surface area contributed by atoms with Crippen LogP contribution in [-0.2, 0) is 15.4 Å². The lowest BCUT2D eigenvalue weighted by Crippen LogP contribution is -2.50. The average Bonchev–Trinajstić information content (AvgIpc) is 2.36. The van der Waals surface area contributed by atoms with Gasteiger partial charge in [0.2, 0.25) is 0 Å². The molecule has 21 heavy (non-hydrogen) atoms. The second-order valence-corrected chi connectivity index (χ2v) is 9.47. The second kappa shape index (κ2) is 4.82. The zero-order chi connectivity index (χ0) is 15.4. The topological polar surface area (TPSA) is 54.4 Å². The van der Waals surface area contributed by atoms with E-state index >= 15 is 0 Å². The SMILES string of the molecule is Cc1cc(C)c(C2(O)CC3CCCC(C2)S3(=O)=O)cc1C. The van der Waals surface area contributed by atoms with E-state index in [-0.39, 0.29) is 10.5 Å². The maximum atomic E-state index is 12.4. The monoisotopic (exact) mass is 308 g/mol. The van der Waals surface area contributed by atoms with Crippen LogP contribution in [0.15, 0.2) is 12.1 Å². The van der Waals surface area contributed by atoms with E-state index in [1.54, 1.807) is 0 Å². The molecule has 1 aromatic carbocycles. The molecule has 0 radical (unpaired) electrons. The van der Waals surface area contributed by atoms with Crippen molar-refractivity contribution in [1.29, 1.82) is 0 Å². The summed E-state index contributed by atoms with van der Waals surface area (Å²) >= 11 is 0. The summed E-state index contributed by atoms with van der Waals surface area (Å²) in [4.78, 5) is 0. The molecule has 2 heterocycles. The number of hydrogen-bond donors (Lipinski definition) is 1. The smallest absolute Gasteiger partial charge is 0.156 e. The van der Waals surface area contributed by atoms with Crippen molar-refractivity contribution in [3.05, 3.63) is 34.4 Å². The van der Waals surface area contributed by atoms with Crippen LogP contribution in [0, 0.1) is 20.8 Å². The van der Waals surface area contributed by atoms with Gasteiger partial charge in [0.25, 0.3) is 0 Å². The van der Waals surface area contributed by atoms with Crippen molar-refractivity contribution < 1.29 is 13.5 Å². The summed E-state index contributed by atoms with van der Waals surface area (Å²) in [6.45, 7) is 6.12. The van der Waals surface area contributed by atoms with Crippen LogP contribution in [0.3, 0.4) is 0 Å². The van der Waals surface area contributed by atoms with Gasteiger partial charge in [-0.2, -0.15) is 0 Å². The summed E-state index contributed by atoms with van der Waals surface area (Å²) in [7, 11) is -3.04. The lowest BCUT2D eigenvalue weighted by molar-refractivity contribution is 0.00440. The standard InChI is InChI=1S/C17H24O3S/c1-11-7-13(3)16(8-12(11)2)17(18)9-14-5-4-6-15(10-17)21(14,19)20/h7-8,14-15,18H,4-6,9-10H2,1-3H3. The van der Waals surface area contributed by atoms with Crippen molar-refractivity contribution in [2.75, 3.05) is 0 Å². The fourth-order valence-electron chi connectivity index (χ4n) is 4.13. The minimum absolute atomic E-state index is 0.356. The van der Waals surface area contributed by atoms with Gasteiger partial charge in [0.15, 0.2) is 9.84 Å². The van der Waals surface area contributed by atoms with Crippen molar-refractivity contribution >= 4 is 9.84 Å². The number of rotatable bonds is 1. The van der Waals surface area contributed by atoms with Crippen molar-refractivity contribution in [3.8, 4) is 0 Å². The van der Waals surface area contributed by atoms with Crippen LogP contribution < -0.4 is 0 Å². The van der Waals surface area contributed by atoms with Gasteiger partial charge in [0.05, 0.1) is 16.1 Å². The summed E-state index contributed by atoms with van der Waals surface area (Å²) in [5.41, 5.74) is 3.38. The number of fused-ring (bicyclic) bond motifs is 2. The molecule has 116 valence electrons. The molecule has 0 spiro atoms. The van der Waals surface area contributed by atoms with E-state index in [2.05, 4.69) is 19.1 Å². The largest absolute Gasteiger partial charge is 0.385 e. The first-order chi connectivity index (χ1) is 9.74. The van der Waals surface area contributed by atoms with E-state index < -0.39 is 15.4 Å². The Morgan fingerprint density at radius 2 is 1.52 bits per heavy atom. The lowest BCUT2D eigenvalue weighted by atomic mass is 9.78. The van der Waals surface area contributed by atoms with Gasteiger partial charge in [-0.25, -0.2) is 8.42 Å². The molecular weight excluding hydrogens is 284 g/mol. The van der Waals surface area contributed by atoms with Gasteiger partial charge in [-0.1, -0.05) is 18.6 Å². The van der Waals surface area contributed by atoms with Crippen LogP contribution in [0.2, 0.25) is 0 Å². The van der Waals surface area contributed by atoms with E-state index in [9.17, 15) is 13.5 Å². The molecule has 4 heteroatoms. The van der Waals surface area contributed by atoms with E-state index in [1.807, 2.05) is 13.8 Å². The molecule has 2 atom stereocenters. The lowest BCUT2D eigenvalue weighted by Gasteiger charge is -2.44. The molecule has 2 aliphatic rings. The average molecular weight is 308 g/mol. The molecule has 0 aromatic heterocycles.